The van der Waals surface area contributed by atoms with Gasteiger partial charge in [0.2, 0.25) is 5.91 Å². The van der Waals surface area contributed by atoms with Gasteiger partial charge in [0.15, 0.2) is 0 Å². The van der Waals surface area contributed by atoms with Gasteiger partial charge in [-0.05, 0) is 24.3 Å². The molecule has 0 fully saturated rings. The second-order valence-electron chi connectivity index (χ2n) is 5.41. The summed E-state index contributed by atoms with van der Waals surface area (Å²) in [4.78, 5) is 45.4. The molecule has 2 rings (SSSR count). The van der Waals surface area contributed by atoms with Crippen LogP contribution >= 0.6 is 0 Å². The summed E-state index contributed by atoms with van der Waals surface area (Å²) in [5.74, 6) is -1.69. The molecule has 10 nitrogen and oxygen atoms in total. The number of rotatable bonds is 6. The molecule has 0 unspecified atom stereocenters. The molecule has 1 amide bonds. The molecule has 1 N–H and O–H groups in total. The van der Waals surface area contributed by atoms with E-state index in [1.807, 2.05) is 0 Å². The molecule has 0 aliphatic heterocycles. The molecular formula is C18H16N2O8. The highest BCUT2D eigenvalue weighted by Crippen LogP contribution is 2.30. The molecule has 0 bridgehead atoms. The predicted molar refractivity (Wildman–Crippen MR) is 96.6 cm³/mol. The molecule has 0 aliphatic carbocycles. The van der Waals surface area contributed by atoms with Crippen LogP contribution < -0.4 is 10.1 Å². The number of nitro groups is 1. The van der Waals surface area contributed by atoms with Crippen LogP contribution in [0, 0.1) is 10.1 Å². The van der Waals surface area contributed by atoms with Crippen LogP contribution in [0.1, 0.15) is 27.6 Å². The number of carbonyl (C=O) groups excluding carboxylic acids is 3. The fourth-order valence-corrected chi connectivity index (χ4v) is 2.31. The molecular weight excluding hydrogens is 372 g/mol. The monoisotopic (exact) mass is 388 g/mol. The Kier molecular flexibility index (Phi) is 6.27. The lowest BCUT2D eigenvalue weighted by molar-refractivity contribution is -0.385. The van der Waals surface area contributed by atoms with Crippen molar-refractivity contribution >= 4 is 29.2 Å². The molecule has 2 aromatic rings. The van der Waals surface area contributed by atoms with E-state index >= 15 is 0 Å². The number of anilines is 1. The van der Waals surface area contributed by atoms with Gasteiger partial charge in [-0.3, -0.25) is 14.9 Å². The number of nitrogens with one attached hydrogen (secondary N) is 1. The van der Waals surface area contributed by atoms with Gasteiger partial charge in [0.1, 0.15) is 17.1 Å². The summed E-state index contributed by atoms with van der Waals surface area (Å²) in [6.07, 6.45) is 0. The first-order valence-electron chi connectivity index (χ1n) is 7.81. The molecule has 0 spiro atoms. The number of esters is 2. The van der Waals surface area contributed by atoms with E-state index in [1.165, 1.54) is 38.3 Å². The van der Waals surface area contributed by atoms with Crippen molar-refractivity contribution in [3.63, 3.8) is 0 Å². The third-order valence-electron chi connectivity index (χ3n) is 3.51. The molecule has 0 saturated heterocycles. The van der Waals surface area contributed by atoms with Gasteiger partial charge in [-0.2, -0.15) is 0 Å². The molecule has 0 radical (unpaired) electrons. The van der Waals surface area contributed by atoms with Gasteiger partial charge in [0, 0.05) is 19.1 Å². The number of methoxy groups -OCH3 is 2. The third-order valence-corrected chi connectivity index (χ3v) is 3.51. The van der Waals surface area contributed by atoms with E-state index in [-0.39, 0.29) is 34.2 Å². The van der Waals surface area contributed by atoms with E-state index in [9.17, 15) is 24.5 Å². The van der Waals surface area contributed by atoms with E-state index in [1.54, 1.807) is 0 Å². The van der Waals surface area contributed by atoms with E-state index in [0.29, 0.717) is 0 Å². The number of ether oxygens (including phenoxy) is 3. The summed E-state index contributed by atoms with van der Waals surface area (Å²) in [7, 11) is 2.29. The van der Waals surface area contributed by atoms with Crippen molar-refractivity contribution in [2.75, 3.05) is 19.5 Å². The minimum Gasteiger partial charge on any atom is -0.465 e. The zero-order valence-corrected chi connectivity index (χ0v) is 15.2. The Morgan fingerprint density at radius 1 is 0.929 bits per heavy atom. The Bertz CT molecular complexity index is 955. The largest absolute Gasteiger partial charge is 0.465 e. The number of amides is 1. The highest BCUT2D eigenvalue weighted by molar-refractivity contribution is 6.01. The normalized spacial score (nSPS) is 9.96. The summed E-state index contributed by atoms with van der Waals surface area (Å²) in [5.41, 5.74) is -0.445. The highest BCUT2D eigenvalue weighted by atomic mass is 16.6. The van der Waals surface area contributed by atoms with Gasteiger partial charge in [-0.15, -0.1) is 0 Å². The van der Waals surface area contributed by atoms with Crippen molar-refractivity contribution in [1.82, 2.24) is 0 Å². The summed E-state index contributed by atoms with van der Waals surface area (Å²) in [5, 5.41) is 13.6. The van der Waals surface area contributed by atoms with E-state index < -0.39 is 22.5 Å². The van der Waals surface area contributed by atoms with Gasteiger partial charge in [0.25, 0.3) is 5.69 Å². The summed E-state index contributed by atoms with van der Waals surface area (Å²) >= 11 is 0. The summed E-state index contributed by atoms with van der Waals surface area (Å²) < 4.78 is 14.8. The number of benzene rings is 2. The van der Waals surface area contributed by atoms with Crippen LogP contribution in [-0.2, 0) is 14.3 Å². The van der Waals surface area contributed by atoms with E-state index in [0.717, 1.165) is 19.2 Å². The van der Waals surface area contributed by atoms with Crippen LogP contribution in [0.4, 0.5) is 11.4 Å². The first-order valence-corrected chi connectivity index (χ1v) is 7.81. The van der Waals surface area contributed by atoms with Crippen molar-refractivity contribution in [1.29, 1.82) is 0 Å². The highest BCUT2D eigenvalue weighted by Gasteiger charge is 2.22. The standard InChI is InChI=1S/C18H16N2O8/c1-10(21)19-15-6-4-11(8-13(15)17(22)26-2)28-12-5-7-16(20(24)25)14(9-12)18(23)27-3/h4-9H,1-3H3,(H,19,21). The minimum atomic E-state index is -0.895. The molecule has 10 heteroatoms. The number of carbonyl (C=O) groups is 3. The van der Waals surface area contributed by atoms with Gasteiger partial charge < -0.3 is 19.5 Å². The van der Waals surface area contributed by atoms with Crippen molar-refractivity contribution < 1.29 is 33.5 Å². The van der Waals surface area contributed by atoms with Gasteiger partial charge in [-0.25, -0.2) is 9.59 Å². The third kappa shape index (κ3) is 4.61. The SMILES string of the molecule is COC(=O)c1cc(Oc2ccc([N+](=O)[O-])c(C(=O)OC)c2)ccc1NC(C)=O. The first kappa shape index (κ1) is 20.4. The second-order valence-corrected chi connectivity index (χ2v) is 5.41. The minimum absolute atomic E-state index is 0.0466. The smallest absolute Gasteiger partial charge is 0.345 e. The fraction of sp³-hybridized carbons (Fsp3) is 0.167. The fourth-order valence-electron chi connectivity index (χ4n) is 2.31. The summed E-state index contributed by atoms with van der Waals surface area (Å²) in [6.45, 7) is 1.29. The van der Waals surface area contributed by atoms with Crippen molar-refractivity contribution in [3.05, 3.63) is 57.6 Å². The van der Waals surface area contributed by atoms with Crippen molar-refractivity contribution in [2.24, 2.45) is 0 Å². The maximum absolute atomic E-state index is 12.0. The molecule has 0 aromatic heterocycles. The molecule has 28 heavy (non-hydrogen) atoms. The average Bonchev–Trinajstić information content (AvgIpc) is 2.67. The second kappa shape index (κ2) is 8.62. The van der Waals surface area contributed by atoms with Gasteiger partial charge in [-0.1, -0.05) is 0 Å². The molecule has 2 aromatic carbocycles. The Labute approximate surface area is 159 Å². The molecule has 0 saturated carbocycles. The molecule has 0 atom stereocenters. The predicted octanol–water partition coefficient (Wildman–Crippen LogP) is 2.92. The van der Waals surface area contributed by atoms with Crippen LogP contribution in [-0.4, -0.2) is 37.0 Å². The van der Waals surface area contributed by atoms with Crippen LogP contribution in [0.5, 0.6) is 11.5 Å². The quantitative estimate of drug-likeness (QED) is 0.453. The number of nitrogens with zero attached hydrogens (tertiary/aromatic N) is 1. The number of hydrogen-bond acceptors (Lipinski definition) is 8. The lowest BCUT2D eigenvalue weighted by atomic mass is 10.1. The zero-order valence-electron chi connectivity index (χ0n) is 15.2. The lowest BCUT2D eigenvalue weighted by Gasteiger charge is -2.12. The maximum Gasteiger partial charge on any atom is 0.345 e. The topological polar surface area (TPSA) is 134 Å². The van der Waals surface area contributed by atoms with E-state index in [4.69, 9.17) is 4.74 Å². The Hall–Kier alpha value is -3.95. The van der Waals surface area contributed by atoms with Crippen LogP contribution in [0.2, 0.25) is 0 Å². The van der Waals surface area contributed by atoms with Crippen LogP contribution in [0.25, 0.3) is 0 Å². The Morgan fingerprint density at radius 2 is 1.46 bits per heavy atom. The van der Waals surface area contributed by atoms with Gasteiger partial charge in [0.05, 0.1) is 30.4 Å². The average molecular weight is 388 g/mol. The number of hydrogen-bond donors (Lipinski definition) is 1. The van der Waals surface area contributed by atoms with Crippen LogP contribution in [0.3, 0.4) is 0 Å². The first-order chi connectivity index (χ1) is 13.3. The molecule has 0 aliphatic rings. The molecule has 0 heterocycles. The zero-order chi connectivity index (χ0) is 20.8. The van der Waals surface area contributed by atoms with Crippen LogP contribution in [0.15, 0.2) is 36.4 Å². The molecule has 146 valence electrons. The summed E-state index contributed by atoms with van der Waals surface area (Å²) in [6, 6.07) is 7.80. The van der Waals surface area contributed by atoms with Crippen molar-refractivity contribution in [2.45, 2.75) is 6.92 Å². The lowest BCUT2D eigenvalue weighted by Crippen LogP contribution is -2.12. The van der Waals surface area contributed by atoms with E-state index in [2.05, 4.69) is 14.8 Å². The number of nitro benzene ring substituents is 1. The Morgan fingerprint density at radius 3 is 2.00 bits per heavy atom. The van der Waals surface area contributed by atoms with Crippen molar-refractivity contribution in [3.8, 4) is 11.5 Å². The maximum atomic E-state index is 12.0. The van der Waals surface area contributed by atoms with Gasteiger partial charge >= 0.3 is 11.9 Å². The Balaban J connectivity index is 2.42.